The predicted octanol–water partition coefficient (Wildman–Crippen LogP) is 2.72. The third-order valence-corrected chi connectivity index (χ3v) is 1.92. The molecule has 1 aromatic carbocycles. The van der Waals surface area contributed by atoms with Crippen LogP contribution < -0.4 is 0 Å². The standard InChI is InChI=1S/C10H9FO2/c1-12-5-7-6-13-9-4-2-3-8(11)10(7)9/h2-4,6H,5H2,1H3. The molecule has 2 nitrogen and oxygen atoms in total. The first-order valence-corrected chi connectivity index (χ1v) is 3.96. The average molecular weight is 180 g/mol. The van der Waals surface area contributed by atoms with E-state index in [1.54, 1.807) is 19.2 Å². The van der Waals surface area contributed by atoms with E-state index >= 15 is 0 Å². The molecule has 13 heavy (non-hydrogen) atoms. The van der Waals surface area contributed by atoms with Crippen molar-refractivity contribution in [2.45, 2.75) is 6.61 Å². The molecule has 0 atom stereocenters. The minimum Gasteiger partial charge on any atom is -0.464 e. The molecule has 0 aliphatic heterocycles. The number of hydrogen-bond donors (Lipinski definition) is 0. The molecule has 0 unspecified atom stereocenters. The van der Waals surface area contributed by atoms with Crippen LogP contribution in [-0.2, 0) is 11.3 Å². The van der Waals surface area contributed by atoms with Gasteiger partial charge in [0.1, 0.15) is 11.4 Å². The SMILES string of the molecule is COCc1coc2cccc(F)c12. The maximum Gasteiger partial charge on any atom is 0.137 e. The van der Waals surface area contributed by atoms with Crippen molar-refractivity contribution in [3.63, 3.8) is 0 Å². The van der Waals surface area contributed by atoms with Crippen LogP contribution >= 0.6 is 0 Å². The fraction of sp³-hybridized carbons (Fsp3) is 0.200. The van der Waals surface area contributed by atoms with Gasteiger partial charge < -0.3 is 9.15 Å². The Morgan fingerprint density at radius 3 is 3.08 bits per heavy atom. The molecule has 1 aromatic heterocycles. The lowest BCUT2D eigenvalue weighted by Crippen LogP contribution is -1.86. The molecule has 2 aromatic rings. The largest absolute Gasteiger partial charge is 0.464 e. The Balaban J connectivity index is 2.64. The highest BCUT2D eigenvalue weighted by molar-refractivity contribution is 5.81. The smallest absolute Gasteiger partial charge is 0.137 e. The summed E-state index contributed by atoms with van der Waals surface area (Å²) in [7, 11) is 1.57. The van der Waals surface area contributed by atoms with Gasteiger partial charge in [-0.1, -0.05) is 6.07 Å². The van der Waals surface area contributed by atoms with Crippen molar-refractivity contribution in [1.29, 1.82) is 0 Å². The summed E-state index contributed by atoms with van der Waals surface area (Å²) in [5, 5.41) is 0.518. The number of methoxy groups -OCH3 is 1. The van der Waals surface area contributed by atoms with Crippen LogP contribution in [-0.4, -0.2) is 7.11 Å². The highest BCUT2D eigenvalue weighted by atomic mass is 19.1. The molecule has 0 radical (unpaired) electrons. The number of rotatable bonds is 2. The summed E-state index contributed by atoms with van der Waals surface area (Å²) >= 11 is 0. The van der Waals surface area contributed by atoms with Crippen LogP contribution in [0.5, 0.6) is 0 Å². The van der Waals surface area contributed by atoms with Gasteiger partial charge in [-0.25, -0.2) is 4.39 Å². The number of halogens is 1. The molecule has 0 spiro atoms. The Hall–Kier alpha value is -1.35. The van der Waals surface area contributed by atoms with Crippen molar-refractivity contribution in [3.8, 4) is 0 Å². The zero-order valence-electron chi connectivity index (χ0n) is 7.21. The van der Waals surface area contributed by atoms with Crippen molar-refractivity contribution >= 4 is 11.0 Å². The molecule has 3 heteroatoms. The zero-order chi connectivity index (χ0) is 9.26. The third-order valence-electron chi connectivity index (χ3n) is 1.92. The second kappa shape index (κ2) is 3.18. The van der Waals surface area contributed by atoms with Gasteiger partial charge >= 0.3 is 0 Å². The van der Waals surface area contributed by atoms with Crippen LogP contribution in [0.15, 0.2) is 28.9 Å². The van der Waals surface area contributed by atoms with Gasteiger partial charge in [0, 0.05) is 12.7 Å². The van der Waals surface area contributed by atoms with Gasteiger partial charge in [-0.15, -0.1) is 0 Å². The second-order valence-corrected chi connectivity index (χ2v) is 2.81. The molecule has 0 bridgehead atoms. The summed E-state index contributed by atoms with van der Waals surface area (Å²) in [5.74, 6) is -0.265. The van der Waals surface area contributed by atoms with Gasteiger partial charge in [0.2, 0.25) is 0 Å². The van der Waals surface area contributed by atoms with Crippen LogP contribution in [0.3, 0.4) is 0 Å². The van der Waals surface area contributed by atoms with Gasteiger partial charge in [-0.05, 0) is 12.1 Å². The summed E-state index contributed by atoms with van der Waals surface area (Å²) in [6.45, 7) is 0.369. The van der Waals surface area contributed by atoms with Gasteiger partial charge in [-0.2, -0.15) is 0 Å². The Bertz CT molecular complexity index is 420. The fourth-order valence-corrected chi connectivity index (χ4v) is 1.37. The van der Waals surface area contributed by atoms with Gasteiger partial charge in [-0.3, -0.25) is 0 Å². The molecule has 0 aliphatic rings. The van der Waals surface area contributed by atoms with E-state index in [0.29, 0.717) is 17.6 Å². The summed E-state index contributed by atoms with van der Waals surface area (Å²) in [6, 6.07) is 4.77. The van der Waals surface area contributed by atoms with Gasteiger partial charge in [0.25, 0.3) is 0 Å². The topological polar surface area (TPSA) is 22.4 Å². The zero-order valence-corrected chi connectivity index (χ0v) is 7.21. The lowest BCUT2D eigenvalue weighted by molar-refractivity contribution is 0.185. The first-order valence-electron chi connectivity index (χ1n) is 3.96. The van der Waals surface area contributed by atoms with Crippen LogP contribution in [0.1, 0.15) is 5.56 Å². The summed E-state index contributed by atoms with van der Waals surface area (Å²) in [6.07, 6.45) is 1.53. The predicted molar refractivity (Wildman–Crippen MR) is 46.9 cm³/mol. The number of benzene rings is 1. The fourth-order valence-electron chi connectivity index (χ4n) is 1.37. The molecule has 0 N–H and O–H groups in total. The normalized spacial score (nSPS) is 10.9. The van der Waals surface area contributed by atoms with E-state index in [9.17, 15) is 4.39 Å². The van der Waals surface area contributed by atoms with E-state index in [1.165, 1.54) is 12.3 Å². The molecular weight excluding hydrogens is 171 g/mol. The van der Waals surface area contributed by atoms with E-state index in [4.69, 9.17) is 9.15 Å². The number of furan rings is 1. The Morgan fingerprint density at radius 2 is 2.31 bits per heavy atom. The molecule has 0 amide bonds. The Labute approximate surface area is 74.9 Å². The maximum atomic E-state index is 13.3. The van der Waals surface area contributed by atoms with Crippen molar-refractivity contribution in [2.24, 2.45) is 0 Å². The second-order valence-electron chi connectivity index (χ2n) is 2.81. The molecule has 0 saturated heterocycles. The van der Waals surface area contributed by atoms with Crippen molar-refractivity contribution in [2.75, 3.05) is 7.11 Å². The van der Waals surface area contributed by atoms with Gasteiger partial charge in [0.05, 0.1) is 18.3 Å². The first-order chi connectivity index (χ1) is 6.33. The Kier molecular flexibility index (Phi) is 2.02. The van der Waals surface area contributed by atoms with E-state index < -0.39 is 0 Å². The first kappa shape index (κ1) is 8.26. The molecule has 68 valence electrons. The highest BCUT2D eigenvalue weighted by Gasteiger charge is 2.09. The van der Waals surface area contributed by atoms with E-state index in [-0.39, 0.29) is 5.82 Å². The summed E-state index contributed by atoms with van der Waals surface area (Å²) in [4.78, 5) is 0. The Morgan fingerprint density at radius 1 is 1.46 bits per heavy atom. The molecule has 1 heterocycles. The maximum absolute atomic E-state index is 13.3. The van der Waals surface area contributed by atoms with Crippen molar-refractivity contribution < 1.29 is 13.5 Å². The summed E-state index contributed by atoms with van der Waals surface area (Å²) in [5.41, 5.74) is 1.31. The lowest BCUT2D eigenvalue weighted by Gasteiger charge is -1.95. The molecule has 0 saturated carbocycles. The lowest BCUT2D eigenvalue weighted by atomic mass is 10.2. The van der Waals surface area contributed by atoms with E-state index in [0.717, 1.165) is 5.56 Å². The van der Waals surface area contributed by atoms with Crippen LogP contribution in [0, 0.1) is 5.82 Å². The van der Waals surface area contributed by atoms with Crippen LogP contribution in [0.4, 0.5) is 4.39 Å². The quantitative estimate of drug-likeness (QED) is 0.709. The minimum absolute atomic E-state index is 0.265. The molecular formula is C10H9FO2. The monoisotopic (exact) mass is 180 g/mol. The van der Waals surface area contributed by atoms with Crippen LogP contribution in [0.25, 0.3) is 11.0 Å². The van der Waals surface area contributed by atoms with Crippen LogP contribution in [0.2, 0.25) is 0 Å². The van der Waals surface area contributed by atoms with Gasteiger partial charge in [0.15, 0.2) is 0 Å². The summed E-state index contributed by atoms with van der Waals surface area (Å²) < 4.78 is 23.4. The third kappa shape index (κ3) is 1.31. The molecule has 0 aliphatic carbocycles. The number of ether oxygens (including phenoxy) is 1. The van der Waals surface area contributed by atoms with Crippen molar-refractivity contribution in [1.82, 2.24) is 0 Å². The number of hydrogen-bond acceptors (Lipinski definition) is 2. The van der Waals surface area contributed by atoms with E-state index in [2.05, 4.69) is 0 Å². The highest BCUT2D eigenvalue weighted by Crippen LogP contribution is 2.24. The average Bonchev–Trinajstić information content (AvgIpc) is 2.51. The minimum atomic E-state index is -0.265. The van der Waals surface area contributed by atoms with Crippen molar-refractivity contribution in [3.05, 3.63) is 35.8 Å². The molecule has 0 fully saturated rings. The molecule has 2 rings (SSSR count). The van der Waals surface area contributed by atoms with E-state index in [1.807, 2.05) is 0 Å². The number of fused-ring (bicyclic) bond motifs is 1.